The first kappa shape index (κ1) is 12.2. The van der Waals surface area contributed by atoms with Gasteiger partial charge in [0, 0.05) is 10.5 Å². The summed E-state index contributed by atoms with van der Waals surface area (Å²) in [5.74, 6) is 1.19. The number of hydrogen-bond donors (Lipinski definition) is 1. The van der Waals surface area contributed by atoms with E-state index in [4.69, 9.17) is 4.98 Å². The van der Waals surface area contributed by atoms with Crippen LogP contribution < -0.4 is 5.32 Å². The fraction of sp³-hybridized carbons (Fsp3) is 0.500. The summed E-state index contributed by atoms with van der Waals surface area (Å²) in [4.78, 5) is 4.85. The maximum atomic E-state index is 4.85. The van der Waals surface area contributed by atoms with Crippen LogP contribution in [0.2, 0.25) is 0 Å². The van der Waals surface area contributed by atoms with E-state index in [1.54, 1.807) is 0 Å². The minimum Gasteiger partial charge on any atom is -0.324 e. The molecule has 1 aromatic heterocycles. The van der Waals surface area contributed by atoms with Crippen molar-refractivity contribution in [3.63, 3.8) is 0 Å². The van der Waals surface area contributed by atoms with Gasteiger partial charge in [-0.3, -0.25) is 0 Å². The Bertz CT molecular complexity index is 568. The number of halogens is 1. The number of imidazole rings is 1. The van der Waals surface area contributed by atoms with E-state index in [1.165, 1.54) is 24.2 Å². The number of rotatable bonds is 4. The summed E-state index contributed by atoms with van der Waals surface area (Å²) in [6, 6.07) is 7.40. The molecule has 0 radical (unpaired) electrons. The van der Waals surface area contributed by atoms with Gasteiger partial charge in [-0.05, 0) is 44.5 Å². The van der Waals surface area contributed by atoms with Crippen molar-refractivity contribution < 1.29 is 0 Å². The molecule has 1 N–H and O–H groups in total. The van der Waals surface area contributed by atoms with Gasteiger partial charge in [-0.2, -0.15) is 0 Å². The lowest BCUT2D eigenvalue weighted by Crippen LogP contribution is -2.19. The van der Waals surface area contributed by atoms with Crippen molar-refractivity contribution in [3.8, 4) is 0 Å². The van der Waals surface area contributed by atoms with E-state index in [0.29, 0.717) is 12.1 Å². The van der Waals surface area contributed by atoms with Gasteiger partial charge in [0.2, 0.25) is 0 Å². The predicted octanol–water partition coefficient (Wildman–Crippen LogP) is 3.80. The average Bonchev–Trinajstić information content (AvgIpc) is 3.13. The van der Waals surface area contributed by atoms with Crippen LogP contribution in [0.1, 0.15) is 44.1 Å². The molecule has 1 fully saturated rings. The lowest BCUT2D eigenvalue weighted by molar-refractivity contribution is 0.514. The van der Waals surface area contributed by atoms with Crippen LogP contribution in [0.5, 0.6) is 0 Å². The van der Waals surface area contributed by atoms with Gasteiger partial charge in [-0.1, -0.05) is 22.9 Å². The molecular formula is C14H18BrN3. The summed E-state index contributed by atoms with van der Waals surface area (Å²) in [5, 5.41) is 3.37. The molecule has 1 heterocycles. The smallest absolute Gasteiger partial charge is 0.127 e. The highest BCUT2D eigenvalue weighted by Crippen LogP contribution is 2.40. The van der Waals surface area contributed by atoms with Crippen molar-refractivity contribution in [1.82, 2.24) is 14.9 Å². The maximum absolute atomic E-state index is 4.85. The van der Waals surface area contributed by atoms with E-state index in [9.17, 15) is 0 Å². The SMILES string of the molecule is CCC(NC)c1nc2cc(Br)ccc2n1C1CC1. The summed E-state index contributed by atoms with van der Waals surface area (Å²) >= 11 is 3.53. The Morgan fingerprint density at radius 2 is 2.28 bits per heavy atom. The molecule has 96 valence electrons. The second-order valence-corrected chi connectivity index (χ2v) is 5.87. The first-order chi connectivity index (χ1) is 8.74. The Kier molecular flexibility index (Phi) is 3.16. The Balaban J connectivity index is 2.19. The fourth-order valence-corrected chi connectivity index (χ4v) is 2.92. The van der Waals surface area contributed by atoms with Crippen molar-refractivity contribution in [2.45, 2.75) is 38.3 Å². The first-order valence-corrected chi connectivity index (χ1v) is 7.38. The second-order valence-electron chi connectivity index (χ2n) is 4.95. The molecule has 0 amide bonds. The van der Waals surface area contributed by atoms with Gasteiger partial charge in [-0.25, -0.2) is 4.98 Å². The van der Waals surface area contributed by atoms with Crippen LogP contribution in [0.4, 0.5) is 0 Å². The number of benzene rings is 1. The minimum atomic E-state index is 0.344. The van der Waals surface area contributed by atoms with Crippen molar-refractivity contribution in [2.24, 2.45) is 0 Å². The van der Waals surface area contributed by atoms with E-state index in [1.807, 2.05) is 7.05 Å². The van der Waals surface area contributed by atoms with E-state index in [2.05, 4.69) is 50.9 Å². The molecule has 1 atom stereocenters. The van der Waals surface area contributed by atoms with Crippen LogP contribution >= 0.6 is 15.9 Å². The largest absolute Gasteiger partial charge is 0.324 e. The molecule has 1 aliphatic rings. The van der Waals surface area contributed by atoms with Crippen LogP contribution in [0.3, 0.4) is 0 Å². The molecule has 1 saturated carbocycles. The number of hydrogen-bond acceptors (Lipinski definition) is 2. The molecule has 0 spiro atoms. The average molecular weight is 308 g/mol. The monoisotopic (exact) mass is 307 g/mol. The molecule has 0 bridgehead atoms. The van der Waals surface area contributed by atoms with Crippen molar-refractivity contribution >= 4 is 27.0 Å². The fourth-order valence-electron chi connectivity index (χ4n) is 2.57. The highest BCUT2D eigenvalue weighted by Gasteiger charge is 2.30. The maximum Gasteiger partial charge on any atom is 0.127 e. The standard InChI is InChI=1S/C14H18BrN3/c1-3-11(16-2)14-17-12-8-9(15)4-7-13(12)18(14)10-5-6-10/h4,7-8,10-11,16H,3,5-6H2,1-2H3. The Morgan fingerprint density at radius 1 is 1.50 bits per heavy atom. The zero-order chi connectivity index (χ0) is 12.7. The topological polar surface area (TPSA) is 29.9 Å². The second kappa shape index (κ2) is 4.67. The predicted molar refractivity (Wildman–Crippen MR) is 77.8 cm³/mol. The molecule has 3 rings (SSSR count). The first-order valence-electron chi connectivity index (χ1n) is 6.59. The molecule has 1 aliphatic carbocycles. The number of aromatic nitrogens is 2. The highest BCUT2D eigenvalue weighted by atomic mass is 79.9. The van der Waals surface area contributed by atoms with Gasteiger partial charge < -0.3 is 9.88 Å². The van der Waals surface area contributed by atoms with Crippen LogP contribution in [-0.2, 0) is 0 Å². The molecule has 2 aromatic rings. The summed E-state index contributed by atoms with van der Waals surface area (Å²) < 4.78 is 3.53. The van der Waals surface area contributed by atoms with Crippen LogP contribution in [0.25, 0.3) is 11.0 Å². The van der Waals surface area contributed by atoms with E-state index >= 15 is 0 Å². The molecule has 1 aromatic carbocycles. The molecule has 18 heavy (non-hydrogen) atoms. The lowest BCUT2D eigenvalue weighted by atomic mass is 10.2. The minimum absolute atomic E-state index is 0.344. The quantitative estimate of drug-likeness (QED) is 0.931. The van der Waals surface area contributed by atoms with Gasteiger partial charge in [-0.15, -0.1) is 0 Å². The van der Waals surface area contributed by atoms with Gasteiger partial charge in [0.1, 0.15) is 5.82 Å². The number of fused-ring (bicyclic) bond motifs is 1. The molecule has 3 nitrogen and oxygen atoms in total. The van der Waals surface area contributed by atoms with Crippen LogP contribution in [-0.4, -0.2) is 16.6 Å². The van der Waals surface area contributed by atoms with Crippen LogP contribution in [0, 0.1) is 0 Å². The zero-order valence-electron chi connectivity index (χ0n) is 10.8. The lowest BCUT2D eigenvalue weighted by Gasteiger charge is -2.15. The molecule has 0 aliphatic heterocycles. The third kappa shape index (κ3) is 1.97. The third-order valence-electron chi connectivity index (χ3n) is 3.66. The molecule has 4 heteroatoms. The van der Waals surface area contributed by atoms with E-state index in [-0.39, 0.29) is 0 Å². The van der Waals surface area contributed by atoms with Crippen molar-refractivity contribution in [1.29, 1.82) is 0 Å². The molecule has 1 unspecified atom stereocenters. The summed E-state index contributed by atoms with van der Waals surface area (Å²) in [5.41, 5.74) is 2.37. The van der Waals surface area contributed by atoms with Gasteiger partial charge in [0.05, 0.1) is 17.1 Å². The number of nitrogens with one attached hydrogen (secondary N) is 1. The zero-order valence-corrected chi connectivity index (χ0v) is 12.4. The van der Waals surface area contributed by atoms with Crippen molar-refractivity contribution in [2.75, 3.05) is 7.05 Å². The Labute approximate surface area is 116 Å². The van der Waals surface area contributed by atoms with E-state index in [0.717, 1.165) is 16.4 Å². The van der Waals surface area contributed by atoms with Gasteiger partial charge in [0.25, 0.3) is 0 Å². The van der Waals surface area contributed by atoms with Gasteiger partial charge >= 0.3 is 0 Å². The number of nitrogens with zero attached hydrogens (tertiary/aromatic N) is 2. The normalized spacial score (nSPS) is 17.3. The van der Waals surface area contributed by atoms with Crippen molar-refractivity contribution in [3.05, 3.63) is 28.5 Å². The van der Waals surface area contributed by atoms with E-state index < -0.39 is 0 Å². The summed E-state index contributed by atoms with van der Waals surface area (Å²) in [6.07, 6.45) is 3.64. The van der Waals surface area contributed by atoms with Gasteiger partial charge in [0.15, 0.2) is 0 Å². The Morgan fingerprint density at radius 3 is 2.89 bits per heavy atom. The molecular weight excluding hydrogens is 290 g/mol. The summed E-state index contributed by atoms with van der Waals surface area (Å²) in [7, 11) is 2.01. The van der Waals surface area contributed by atoms with Crippen LogP contribution in [0.15, 0.2) is 22.7 Å². The highest BCUT2D eigenvalue weighted by molar-refractivity contribution is 9.10. The Hall–Kier alpha value is -0.870. The third-order valence-corrected chi connectivity index (χ3v) is 4.15. The summed E-state index contributed by atoms with van der Waals surface area (Å²) in [6.45, 7) is 2.20. The molecule has 0 saturated heterocycles.